The van der Waals surface area contributed by atoms with Gasteiger partial charge in [0.05, 0.1) is 16.1 Å². The van der Waals surface area contributed by atoms with E-state index in [9.17, 15) is 30.8 Å². The lowest BCUT2D eigenvalue weighted by atomic mass is 9.96. The van der Waals surface area contributed by atoms with Gasteiger partial charge >= 0.3 is 0 Å². The van der Waals surface area contributed by atoms with Crippen molar-refractivity contribution in [2.75, 3.05) is 18.0 Å². The molecule has 0 saturated carbocycles. The summed E-state index contributed by atoms with van der Waals surface area (Å²) in [5.74, 6) is -4.88. The minimum Gasteiger partial charge on any atom is -0.283 e. The lowest BCUT2D eigenvalue weighted by molar-refractivity contribution is -0.123. The van der Waals surface area contributed by atoms with Crippen LogP contribution in [0.15, 0.2) is 65.6 Å². The van der Waals surface area contributed by atoms with Crippen molar-refractivity contribution in [1.29, 1.82) is 0 Å². The van der Waals surface area contributed by atoms with Crippen LogP contribution in [0.2, 0.25) is 0 Å². The van der Waals surface area contributed by atoms with Gasteiger partial charge < -0.3 is 0 Å². The second kappa shape index (κ2) is 10.4. The molecule has 0 spiro atoms. The SMILES string of the molecule is O=C(C1CCN(S(=O)(=O)c2ccc(F)c(F)c2)CC1)N(Cc1ccccc1)c1nc2c(F)cc(F)cc2s1. The number of aromatic nitrogens is 1. The molecular weight excluding hydrogens is 542 g/mol. The van der Waals surface area contributed by atoms with Crippen molar-refractivity contribution < 1.29 is 30.8 Å². The molecule has 4 aromatic rings. The van der Waals surface area contributed by atoms with Crippen LogP contribution in [0.1, 0.15) is 18.4 Å². The van der Waals surface area contributed by atoms with Crippen LogP contribution in [0.4, 0.5) is 22.7 Å². The first kappa shape index (κ1) is 26.3. The van der Waals surface area contributed by atoms with Crippen molar-refractivity contribution in [3.8, 4) is 0 Å². The van der Waals surface area contributed by atoms with E-state index in [1.807, 2.05) is 30.3 Å². The molecule has 1 saturated heterocycles. The Bertz CT molecular complexity index is 1610. The van der Waals surface area contributed by atoms with Gasteiger partial charge in [0.15, 0.2) is 22.6 Å². The molecule has 1 aliphatic heterocycles. The summed E-state index contributed by atoms with van der Waals surface area (Å²) in [6, 6.07) is 13.4. The number of amides is 1. The molecule has 38 heavy (non-hydrogen) atoms. The number of rotatable bonds is 6. The van der Waals surface area contributed by atoms with E-state index in [-0.39, 0.29) is 58.6 Å². The minimum atomic E-state index is -4.08. The molecule has 0 radical (unpaired) electrons. The van der Waals surface area contributed by atoms with Crippen molar-refractivity contribution >= 4 is 42.6 Å². The Hall–Kier alpha value is -3.35. The third kappa shape index (κ3) is 5.16. The summed E-state index contributed by atoms with van der Waals surface area (Å²) in [7, 11) is -4.08. The molecule has 0 atom stereocenters. The normalized spacial score (nSPS) is 15.2. The fraction of sp³-hybridized carbons (Fsp3) is 0.231. The maximum atomic E-state index is 14.3. The molecule has 198 valence electrons. The molecule has 5 rings (SSSR count). The third-order valence-corrected chi connectivity index (χ3v) is 9.33. The summed E-state index contributed by atoms with van der Waals surface area (Å²) < 4.78 is 82.3. The summed E-state index contributed by atoms with van der Waals surface area (Å²) in [5, 5.41) is 0.204. The van der Waals surface area contributed by atoms with Crippen LogP contribution in [0.25, 0.3) is 10.2 Å². The van der Waals surface area contributed by atoms with E-state index >= 15 is 0 Å². The highest BCUT2D eigenvalue weighted by atomic mass is 32.2. The van der Waals surface area contributed by atoms with Gasteiger partial charge in [0.2, 0.25) is 15.9 Å². The van der Waals surface area contributed by atoms with Crippen molar-refractivity contribution in [2.45, 2.75) is 24.3 Å². The van der Waals surface area contributed by atoms with E-state index < -0.39 is 39.2 Å². The predicted molar refractivity (Wildman–Crippen MR) is 135 cm³/mol. The third-order valence-electron chi connectivity index (χ3n) is 6.41. The van der Waals surface area contributed by atoms with Gasteiger partial charge in [-0.1, -0.05) is 41.7 Å². The van der Waals surface area contributed by atoms with Gasteiger partial charge in [-0.2, -0.15) is 4.31 Å². The van der Waals surface area contributed by atoms with Crippen molar-refractivity contribution in [2.24, 2.45) is 5.92 Å². The smallest absolute Gasteiger partial charge is 0.243 e. The number of piperidine rings is 1. The van der Waals surface area contributed by atoms with Crippen LogP contribution in [0.5, 0.6) is 0 Å². The van der Waals surface area contributed by atoms with Gasteiger partial charge in [-0.25, -0.2) is 31.0 Å². The van der Waals surface area contributed by atoms with Crippen molar-refractivity contribution in [1.82, 2.24) is 9.29 Å². The molecule has 1 amide bonds. The van der Waals surface area contributed by atoms with E-state index in [0.29, 0.717) is 6.07 Å². The summed E-state index contributed by atoms with van der Waals surface area (Å²) in [6.07, 6.45) is 0.363. The summed E-state index contributed by atoms with van der Waals surface area (Å²) in [5.41, 5.74) is 0.759. The Labute approximate surface area is 220 Å². The van der Waals surface area contributed by atoms with Crippen molar-refractivity contribution in [3.05, 3.63) is 89.5 Å². The number of sulfonamides is 1. The van der Waals surface area contributed by atoms with E-state index in [2.05, 4.69) is 4.98 Å². The second-order valence-electron chi connectivity index (χ2n) is 8.90. The second-order valence-corrected chi connectivity index (χ2v) is 11.8. The molecule has 0 aliphatic carbocycles. The van der Waals surface area contributed by atoms with Crippen LogP contribution in [-0.4, -0.2) is 36.7 Å². The molecule has 2 heterocycles. The standard InChI is InChI=1S/C26H21F4N3O3S2/c27-18-12-22(30)24-23(13-18)37-26(31-24)33(15-16-4-2-1-3-5-16)25(34)17-8-10-32(11-9-17)38(35,36)19-6-7-20(28)21(29)14-19/h1-7,12-14,17H,8-11,15H2. The quantitative estimate of drug-likeness (QED) is 0.291. The number of fused-ring (bicyclic) bond motifs is 1. The van der Waals surface area contributed by atoms with Gasteiger partial charge in [0.1, 0.15) is 11.3 Å². The number of anilines is 1. The number of hydrogen-bond acceptors (Lipinski definition) is 5. The molecule has 6 nitrogen and oxygen atoms in total. The molecule has 1 aliphatic rings. The lowest BCUT2D eigenvalue weighted by Gasteiger charge is -2.33. The van der Waals surface area contributed by atoms with E-state index in [1.165, 1.54) is 4.90 Å². The van der Waals surface area contributed by atoms with Gasteiger partial charge in [0, 0.05) is 25.1 Å². The average molecular weight is 564 g/mol. The van der Waals surface area contributed by atoms with Gasteiger partial charge in [-0.15, -0.1) is 0 Å². The first-order valence-corrected chi connectivity index (χ1v) is 14.0. The molecule has 0 N–H and O–H groups in total. The van der Waals surface area contributed by atoms with Crippen molar-refractivity contribution in [3.63, 3.8) is 0 Å². The monoisotopic (exact) mass is 563 g/mol. The predicted octanol–water partition coefficient (Wildman–Crippen LogP) is 5.49. The number of carbonyl (C=O) groups excluding carboxylic acids is 1. The molecule has 1 fully saturated rings. The molecule has 0 bridgehead atoms. The highest BCUT2D eigenvalue weighted by Crippen LogP contribution is 2.34. The molecular formula is C26H21F4N3O3S2. The molecule has 12 heteroatoms. The van der Waals surface area contributed by atoms with E-state index in [4.69, 9.17) is 0 Å². The largest absolute Gasteiger partial charge is 0.283 e. The van der Waals surface area contributed by atoms with E-state index in [1.54, 1.807) is 0 Å². The van der Waals surface area contributed by atoms with Crippen LogP contribution in [-0.2, 0) is 21.4 Å². The lowest BCUT2D eigenvalue weighted by Crippen LogP contribution is -2.44. The first-order chi connectivity index (χ1) is 18.1. The van der Waals surface area contributed by atoms with Crippen LogP contribution < -0.4 is 4.90 Å². The highest BCUT2D eigenvalue weighted by molar-refractivity contribution is 7.89. The number of carbonyl (C=O) groups is 1. The van der Waals surface area contributed by atoms with Gasteiger partial charge in [-0.05, 0) is 42.7 Å². The average Bonchev–Trinajstić information content (AvgIpc) is 3.33. The highest BCUT2D eigenvalue weighted by Gasteiger charge is 2.35. The maximum Gasteiger partial charge on any atom is 0.243 e. The Morgan fingerprint density at radius 2 is 1.66 bits per heavy atom. The Morgan fingerprint density at radius 1 is 0.947 bits per heavy atom. The zero-order valence-electron chi connectivity index (χ0n) is 19.8. The Kier molecular flexibility index (Phi) is 7.21. The molecule has 3 aromatic carbocycles. The van der Waals surface area contributed by atoms with E-state index in [0.717, 1.165) is 45.5 Å². The summed E-state index contributed by atoms with van der Waals surface area (Å²) >= 11 is 0.991. The number of hydrogen-bond donors (Lipinski definition) is 0. The maximum absolute atomic E-state index is 14.3. The van der Waals surface area contributed by atoms with Gasteiger partial charge in [0.25, 0.3) is 0 Å². The zero-order chi connectivity index (χ0) is 27.0. The molecule has 1 aromatic heterocycles. The number of benzene rings is 3. The molecule has 0 unspecified atom stereocenters. The Morgan fingerprint density at radius 3 is 2.34 bits per heavy atom. The summed E-state index contributed by atoms with van der Waals surface area (Å²) in [4.78, 5) is 19.0. The fourth-order valence-corrected chi connectivity index (χ4v) is 6.91. The zero-order valence-corrected chi connectivity index (χ0v) is 21.4. The first-order valence-electron chi connectivity index (χ1n) is 11.7. The van der Waals surface area contributed by atoms with Crippen LogP contribution >= 0.6 is 11.3 Å². The topological polar surface area (TPSA) is 70.6 Å². The van der Waals surface area contributed by atoms with Crippen LogP contribution in [0.3, 0.4) is 0 Å². The summed E-state index contributed by atoms with van der Waals surface area (Å²) in [6.45, 7) is 0.129. The fourth-order valence-electron chi connectivity index (χ4n) is 4.42. The number of thiazole rings is 1. The minimum absolute atomic E-state index is 0.00338. The number of halogens is 4. The Balaban J connectivity index is 1.39. The van der Waals surface area contributed by atoms with Crippen LogP contribution in [0, 0.1) is 29.2 Å². The van der Waals surface area contributed by atoms with Gasteiger partial charge in [-0.3, -0.25) is 9.69 Å². The number of nitrogens with zero attached hydrogens (tertiary/aromatic N) is 3.